The van der Waals surface area contributed by atoms with Gasteiger partial charge in [-0.15, -0.1) is 0 Å². The third-order valence-electron chi connectivity index (χ3n) is 1.93. The van der Waals surface area contributed by atoms with Gasteiger partial charge in [-0.3, -0.25) is 9.59 Å². The molecule has 0 aliphatic carbocycles. The lowest BCUT2D eigenvalue weighted by molar-refractivity contribution is -0.147. The monoisotopic (exact) mass is 238 g/mol. The summed E-state index contributed by atoms with van der Waals surface area (Å²) in [6.45, 7) is 3.55. The first-order valence-electron chi connectivity index (χ1n) is 5.17. The first kappa shape index (κ1) is 14.9. The average Bonchev–Trinajstić information content (AvgIpc) is 2.28. The number of hydrogen-bond acceptors (Lipinski definition) is 6. The van der Waals surface area contributed by atoms with Crippen molar-refractivity contribution in [2.24, 2.45) is 5.41 Å². The largest absolute Gasteiger partial charge is 0.466 e. The number of carbonyl (C=O) groups excluding carboxylic acids is 2. The highest BCUT2D eigenvalue weighted by Gasteiger charge is 2.37. The van der Waals surface area contributed by atoms with Crippen molar-refractivity contribution in [1.82, 2.24) is 0 Å². The molecule has 0 aliphatic heterocycles. The van der Waals surface area contributed by atoms with Gasteiger partial charge in [0.2, 0.25) is 0 Å². The van der Waals surface area contributed by atoms with Crippen LogP contribution < -0.4 is 0 Å². The zero-order chi connectivity index (χ0) is 13.3. The highest BCUT2D eigenvalue weighted by molar-refractivity contribution is 5.76. The third kappa shape index (κ3) is 4.98. The van der Waals surface area contributed by atoms with Crippen molar-refractivity contribution in [3.8, 4) is 12.1 Å². The van der Waals surface area contributed by atoms with Crippen molar-refractivity contribution in [1.29, 1.82) is 10.5 Å². The molecule has 0 spiro atoms. The van der Waals surface area contributed by atoms with Gasteiger partial charge in [-0.25, -0.2) is 0 Å². The van der Waals surface area contributed by atoms with Gasteiger partial charge in [0.05, 0.1) is 38.2 Å². The predicted octanol–water partition coefficient (Wildman–Crippen LogP) is 0.926. The summed E-state index contributed by atoms with van der Waals surface area (Å²) in [5.74, 6) is -1.36. The molecular formula is C11H14N2O4. The molecule has 0 aromatic heterocycles. The molecule has 0 aromatic carbocycles. The van der Waals surface area contributed by atoms with Crippen LogP contribution in [0.3, 0.4) is 0 Å². The number of hydrogen-bond donors (Lipinski definition) is 0. The molecule has 0 unspecified atom stereocenters. The first-order chi connectivity index (χ1) is 8.03. The molecule has 17 heavy (non-hydrogen) atoms. The van der Waals surface area contributed by atoms with E-state index in [0.717, 1.165) is 0 Å². The van der Waals surface area contributed by atoms with E-state index in [-0.39, 0.29) is 13.2 Å². The number of nitrogens with zero attached hydrogens (tertiary/aromatic N) is 2. The molecule has 6 heteroatoms. The Labute approximate surface area is 99.7 Å². The average molecular weight is 238 g/mol. The van der Waals surface area contributed by atoms with Crippen LogP contribution >= 0.6 is 0 Å². The van der Waals surface area contributed by atoms with Crippen LogP contribution in [0.1, 0.15) is 26.7 Å². The first-order valence-corrected chi connectivity index (χ1v) is 5.17. The Balaban J connectivity index is 4.70. The number of ether oxygens (including phenoxy) is 2. The summed E-state index contributed by atoms with van der Waals surface area (Å²) in [6, 6.07) is 3.36. The Morgan fingerprint density at radius 3 is 1.59 bits per heavy atom. The van der Waals surface area contributed by atoms with Gasteiger partial charge in [-0.1, -0.05) is 0 Å². The van der Waals surface area contributed by atoms with Crippen LogP contribution in [0.2, 0.25) is 0 Å². The van der Waals surface area contributed by atoms with Gasteiger partial charge in [0.25, 0.3) is 0 Å². The summed E-state index contributed by atoms with van der Waals surface area (Å²) in [7, 11) is 0. The second-order valence-electron chi connectivity index (χ2n) is 3.27. The predicted molar refractivity (Wildman–Crippen MR) is 56.2 cm³/mol. The molecule has 0 atom stereocenters. The van der Waals surface area contributed by atoms with Crippen molar-refractivity contribution in [3.05, 3.63) is 0 Å². The van der Waals surface area contributed by atoms with Crippen LogP contribution in [0.4, 0.5) is 0 Å². The van der Waals surface area contributed by atoms with Crippen molar-refractivity contribution < 1.29 is 19.1 Å². The van der Waals surface area contributed by atoms with Crippen molar-refractivity contribution in [3.63, 3.8) is 0 Å². The fourth-order valence-electron chi connectivity index (χ4n) is 1.16. The van der Waals surface area contributed by atoms with Crippen LogP contribution in [0.15, 0.2) is 0 Å². The Kier molecular flexibility index (Phi) is 6.35. The summed E-state index contributed by atoms with van der Waals surface area (Å²) in [4.78, 5) is 22.5. The van der Waals surface area contributed by atoms with Crippen LogP contribution in [0.25, 0.3) is 0 Å². The Bertz CT molecular complexity index is 329. The Hall–Kier alpha value is -2.08. The Morgan fingerprint density at radius 2 is 1.35 bits per heavy atom. The van der Waals surface area contributed by atoms with Gasteiger partial charge >= 0.3 is 11.9 Å². The van der Waals surface area contributed by atoms with E-state index in [1.54, 1.807) is 26.0 Å². The number of nitriles is 2. The summed E-state index contributed by atoms with van der Waals surface area (Å²) in [5.41, 5.74) is -1.71. The van der Waals surface area contributed by atoms with Crippen LogP contribution in [-0.2, 0) is 19.1 Å². The number of rotatable bonds is 6. The molecule has 0 radical (unpaired) electrons. The molecule has 0 saturated carbocycles. The molecule has 0 aromatic rings. The van der Waals surface area contributed by atoms with Crippen molar-refractivity contribution in [2.45, 2.75) is 26.7 Å². The molecule has 0 rings (SSSR count). The van der Waals surface area contributed by atoms with Crippen LogP contribution in [0.5, 0.6) is 0 Å². The quantitative estimate of drug-likeness (QED) is 0.638. The molecule has 0 heterocycles. The highest BCUT2D eigenvalue weighted by Crippen LogP contribution is 2.26. The molecule has 6 nitrogen and oxygen atoms in total. The minimum Gasteiger partial charge on any atom is -0.466 e. The second-order valence-corrected chi connectivity index (χ2v) is 3.27. The lowest BCUT2D eigenvalue weighted by Crippen LogP contribution is -2.26. The summed E-state index contributed by atoms with van der Waals surface area (Å²) in [6.07, 6.45) is -0.876. The van der Waals surface area contributed by atoms with Crippen molar-refractivity contribution in [2.75, 3.05) is 13.2 Å². The van der Waals surface area contributed by atoms with Gasteiger partial charge < -0.3 is 9.47 Å². The zero-order valence-corrected chi connectivity index (χ0v) is 9.86. The normalized spacial score (nSPS) is 9.88. The fourth-order valence-corrected chi connectivity index (χ4v) is 1.16. The minimum absolute atomic E-state index is 0.158. The second kappa shape index (κ2) is 7.24. The summed E-state index contributed by atoms with van der Waals surface area (Å²) < 4.78 is 9.30. The number of carbonyl (C=O) groups is 2. The third-order valence-corrected chi connectivity index (χ3v) is 1.93. The maximum absolute atomic E-state index is 11.2. The summed E-state index contributed by atoms with van der Waals surface area (Å²) >= 11 is 0. The van der Waals surface area contributed by atoms with Gasteiger partial charge in [0, 0.05) is 0 Å². The molecule has 92 valence electrons. The maximum Gasteiger partial charge on any atom is 0.308 e. The topological polar surface area (TPSA) is 100 Å². The van der Waals surface area contributed by atoms with E-state index < -0.39 is 30.2 Å². The SMILES string of the molecule is CCOC(=O)CC(C#N)(C#N)CC(=O)OCC. The van der Waals surface area contributed by atoms with Crippen molar-refractivity contribution >= 4 is 11.9 Å². The van der Waals surface area contributed by atoms with Crippen LogP contribution in [-0.4, -0.2) is 25.2 Å². The van der Waals surface area contributed by atoms with E-state index in [4.69, 9.17) is 10.5 Å². The van der Waals surface area contributed by atoms with E-state index in [2.05, 4.69) is 9.47 Å². The molecule has 0 aliphatic rings. The minimum atomic E-state index is -1.71. The van der Waals surface area contributed by atoms with E-state index in [1.165, 1.54) is 0 Å². The lowest BCUT2D eigenvalue weighted by Gasteiger charge is -2.16. The highest BCUT2D eigenvalue weighted by atomic mass is 16.5. The molecule has 0 fully saturated rings. The summed E-state index contributed by atoms with van der Waals surface area (Å²) in [5, 5.41) is 17.8. The van der Waals surface area contributed by atoms with Crippen LogP contribution in [0, 0.1) is 28.1 Å². The number of esters is 2. The van der Waals surface area contributed by atoms with E-state index in [0.29, 0.717) is 0 Å². The smallest absolute Gasteiger partial charge is 0.308 e. The van der Waals surface area contributed by atoms with Gasteiger partial charge in [-0.2, -0.15) is 10.5 Å². The maximum atomic E-state index is 11.2. The molecule has 0 saturated heterocycles. The zero-order valence-electron chi connectivity index (χ0n) is 9.86. The Morgan fingerprint density at radius 1 is 1.00 bits per heavy atom. The molecule has 0 amide bonds. The van der Waals surface area contributed by atoms with Gasteiger partial charge in [-0.05, 0) is 13.8 Å². The van der Waals surface area contributed by atoms with E-state index in [9.17, 15) is 9.59 Å². The fraction of sp³-hybridized carbons (Fsp3) is 0.636. The van der Waals surface area contributed by atoms with Gasteiger partial charge in [0.1, 0.15) is 0 Å². The lowest BCUT2D eigenvalue weighted by atomic mass is 9.84. The van der Waals surface area contributed by atoms with E-state index >= 15 is 0 Å². The standard InChI is InChI=1S/C11H14N2O4/c1-3-16-9(14)5-11(7-12,8-13)6-10(15)17-4-2/h3-6H2,1-2H3. The molecule has 0 N–H and O–H groups in total. The molecule has 0 bridgehead atoms. The van der Waals surface area contributed by atoms with Gasteiger partial charge in [0.15, 0.2) is 5.41 Å². The molecular weight excluding hydrogens is 224 g/mol. The van der Waals surface area contributed by atoms with E-state index in [1.807, 2.05) is 0 Å².